The van der Waals surface area contributed by atoms with Crippen LogP contribution in [0.3, 0.4) is 0 Å². The van der Waals surface area contributed by atoms with Crippen molar-refractivity contribution in [2.24, 2.45) is 0 Å². The molecule has 0 saturated carbocycles. The highest BCUT2D eigenvalue weighted by Crippen LogP contribution is 2.46. The maximum Gasteiger partial charge on any atom is 0.418 e. The first kappa shape index (κ1) is 15.7. The zero-order chi connectivity index (χ0) is 17.0. The summed E-state index contributed by atoms with van der Waals surface area (Å²) in [4.78, 5) is 2.35. The minimum atomic E-state index is -4.76. The van der Waals surface area contributed by atoms with E-state index in [1.54, 1.807) is 6.07 Å². The number of fused-ring (bicyclic) bond motifs is 3. The molecule has 1 N–H and O–H groups in total. The summed E-state index contributed by atoms with van der Waals surface area (Å²) in [7, 11) is 0. The third-order valence-electron chi connectivity index (χ3n) is 4.15. The summed E-state index contributed by atoms with van der Waals surface area (Å²) >= 11 is 0. The number of nitrogens with one attached hydrogen (secondary N) is 1. The van der Waals surface area contributed by atoms with E-state index in [0.717, 1.165) is 0 Å². The van der Waals surface area contributed by atoms with Crippen LogP contribution in [-0.2, 0) is 12.6 Å². The fraction of sp³-hybridized carbons (Fsp3) is 0.400. The Kier molecular flexibility index (Phi) is 3.36. The van der Waals surface area contributed by atoms with Crippen LogP contribution in [-0.4, -0.2) is 11.2 Å². The van der Waals surface area contributed by atoms with Crippen molar-refractivity contribution in [2.75, 3.05) is 0 Å². The van der Waals surface area contributed by atoms with E-state index in [-0.39, 0.29) is 47.0 Å². The molecule has 2 nitrogen and oxygen atoms in total. The second kappa shape index (κ2) is 4.91. The van der Waals surface area contributed by atoms with Gasteiger partial charge in [0, 0.05) is 11.1 Å². The van der Waals surface area contributed by atoms with Gasteiger partial charge in [-0.05, 0) is 37.0 Å². The highest BCUT2D eigenvalue weighted by Gasteiger charge is 2.45. The number of hydrogen-bond donors (Lipinski definition) is 1. The molecule has 1 aliphatic carbocycles. The molecule has 0 fully saturated rings. The molecule has 1 aliphatic rings. The average molecular weight is 332 g/mol. The van der Waals surface area contributed by atoms with Gasteiger partial charge < -0.3 is 4.98 Å². The molecule has 1 aromatic heterocycles. The van der Waals surface area contributed by atoms with Crippen molar-refractivity contribution in [1.82, 2.24) is 4.98 Å². The highest BCUT2D eigenvalue weighted by molar-refractivity contribution is 5.89. The van der Waals surface area contributed by atoms with Crippen molar-refractivity contribution in [3.05, 3.63) is 34.5 Å². The summed E-state index contributed by atoms with van der Waals surface area (Å²) in [6.45, 7) is 0. The van der Waals surface area contributed by atoms with Crippen LogP contribution >= 0.6 is 0 Å². The molecule has 0 radical (unpaired) electrons. The number of aryl methyl sites for hydroxylation is 1. The van der Waals surface area contributed by atoms with E-state index in [4.69, 9.17) is 5.26 Å². The first-order chi connectivity index (χ1) is 10.6. The smallest absolute Gasteiger partial charge is 0.357 e. The summed E-state index contributed by atoms with van der Waals surface area (Å²) in [6, 6.07) is 3.51. The standard InChI is InChI=1S/C15H10F6N2/c16-14(17,18)10-3-1-2-8-9-4-7(6-22)5-11(15(19,20)21)13(9)23-12(8)10/h4-5,10,23H,1-3H2. The van der Waals surface area contributed by atoms with Crippen molar-refractivity contribution in [1.29, 1.82) is 5.26 Å². The van der Waals surface area contributed by atoms with Crippen LogP contribution in [0.15, 0.2) is 12.1 Å². The predicted octanol–water partition coefficient (Wildman–Crippen LogP) is 5.04. The van der Waals surface area contributed by atoms with E-state index >= 15 is 0 Å². The third kappa shape index (κ3) is 2.54. The van der Waals surface area contributed by atoms with Gasteiger partial charge in [0.15, 0.2) is 0 Å². The molecule has 3 rings (SSSR count). The molecule has 8 heteroatoms. The van der Waals surface area contributed by atoms with Gasteiger partial charge in [0.1, 0.15) is 0 Å². The quantitative estimate of drug-likeness (QED) is 0.675. The second-order valence-electron chi connectivity index (χ2n) is 5.56. The summed E-state index contributed by atoms with van der Waals surface area (Å²) in [5.74, 6) is -1.80. The topological polar surface area (TPSA) is 39.6 Å². The maximum atomic E-state index is 13.2. The van der Waals surface area contributed by atoms with Gasteiger partial charge in [-0.3, -0.25) is 0 Å². The number of hydrogen-bond acceptors (Lipinski definition) is 1. The highest BCUT2D eigenvalue weighted by atomic mass is 19.4. The van der Waals surface area contributed by atoms with E-state index in [2.05, 4.69) is 4.98 Å². The largest absolute Gasteiger partial charge is 0.418 e. The summed E-state index contributed by atoms with van der Waals surface area (Å²) in [5.41, 5.74) is -1.68. The Hall–Kier alpha value is -2.17. The first-order valence-corrected chi connectivity index (χ1v) is 6.85. The van der Waals surface area contributed by atoms with Crippen molar-refractivity contribution in [2.45, 2.75) is 37.5 Å². The molecule has 1 unspecified atom stereocenters. The number of H-pyrrole nitrogens is 1. The van der Waals surface area contributed by atoms with Crippen LogP contribution in [0.2, 0.25) is 0 Å². The van der Waals surface area contributed by atoms with Crippen molar-refractivity contribution < 1.29 is 26.3 Å². The second-order valence-corrected chi connectivity index (χ2v) is 5.56. The molecule has 0 bridgehead atoms. The number of aromatic nitrogens is 1. The van der Waals surface area contributed by atoms with E-state index in [0.29, 0.717) is 6.07 Å². The summed E-state index contributed by atoms with van der Waals surface area (Å²) in [6.07, 6.45) is -8.94. The number of nitrogens with zero attached hydrogens (tertiary/aromatic N) is 1. The number of rotatable bonds is 0. The molecule has 1 aromatic carbocycles. The number of benzene rings is 1. The normalized spacial score (nSPS) is 18.7. The monoisotopic (exact) mass is 332 g/mol. The average Bonchev–Trinajstić information content (AvgIpc) is 2.82. The zero-order valence-electron chi connectivity index (χ0n) is 11.6. The summed E-state index contributed by atoms with van der Waals surface area (Å²) in [5, 5.41) is 8.96. The van der Waals surface area contributed by atoms with Crippen molar-refractivity contribution in [3.63, 3.8) is 0 Å². The lowest BCUT2D eigenvalue weighted by Crippen LogP contribution is -2.24. The third-order valence-corrected chi connectivity index (χ3v) is 4.15. The van der Waals surface area contributed by atoms with Crippen LogP contribution in [0.4, 0.5) is 26.3 Å². The van der Waals surface area contributed by atoms with E-state index in [1.807, 2.05) is 0 Å². The van der Waals surface area contributed by atoms with Crippen molar-refractivity contribution >= 4 is 10.9 Å². The molecule has 1 atom stereocenters. The number of halogens is 6. The molecule has 0 aliphatic heterocycles. The molecule has 0 spiro atoms. The maximum absolute atomic E-state index is 13.2. The number of alkyl halides is 6. The van der Waals surface area contributed by atoms with Gasteiger partial charge in [-0.2, -0.15) is 31.6 Å². The fourth-order valence-corrected chi connectivity index (χ4v) is 3.18. The van der Waals surface area contributed by atoms with E-state index < -0.39 is 23.8 Å². The molecule has 122 valence electrons. The van der Waals surface area contributed by atoms with Crippen LogP contribution < -0.4 is 0 Å². The predicted molar refractivity (Wildman–Crippen MR) is 69.7 cm³/mol. The molecule has 0 amide bonds. The lowest BCUT2D eigenvalue weighted by Gasteiger charge is -2.24. The van der Waals surface area contributed by atoms with Gasteiger partial charge in [-0.25, -0.2) is 0 Å². The Labute approximate surface area is 126 Å². The Balaban J connectivity index is 2.34. The molecule has 1 heterocycles. The van der Waals surface area contributed by atoms with Crippen LogP contribution in [0.5, 0.6) is 0 Å². The molecular weight excluding hydrogens is 322 g/mol. The Morgan fingerprint density at radius 3 is 2.39 bits per heavy atom. The van der Waals surface area contributed by atoms with Gasteiger partial charge in [-0.1, -0.05) is 0 Å². The molecular formula is C15H10F6N2. The lowest BCUT2D eigenvalue weighted by molar-refractivity contribution is -0.154. The van der Waals surface area contributed by atoms with Crippen LogP contribution in [0.1, 0.15) is 41.1 Å². The summed E-state index contributed by atoms with van der Waals surface area (Å²) < 4.78 is 78.9. The van der Waals surface area contributed by atoms with Gasteiger partial charge in [-0.15, -0.1) is 0 Å². The van der Waals surface area contributed by atoms with Crippen molar-refractivity contribution in [3.8, 4) is 6.07 Å². The van der Waals surface area contributed by atoms with Gasteiger partial charge in [0.05, 0.1) is 28.6 Å². The van der Waals surface area contributed by atoms with E-state index in [1.165, 1.54) is 6.07 Å². The van der Waals surface area contributed by atoms with Gasteiger partial charge >= 0.3 is 12.4 Å². The SMILES string of the molecule is N#Cc1cc(C(F)(F)F)c2[nH]c3c(c2c1)CCCC3C(F)(F)F. The Morgan fingerprint density at radius 1 is 1.13 bits per heavy atom. The number of aromatic amines is 1. The Bertz CT molecular complexity index is 806. The fourth-order valence-electron chi connectivity index (χ4n) is 3.18. The lowest BCUT2D eigenvalue weighted by atomic mass is 9.86. The van der Waals surface area contributed by atoms with E-state index in [9.17, 15) is 26.3 Å². The molecule has 0 saturated heterocycles. The van der Waals surface area contributed by atoms with Crippen LogP contribution in [0.25, 0.3) is 10.9 Å². The molecule has 23 heavy (non-hydrogen) atoms. The van der Waals surface area contributed by atoms with Crippen LogP contribution in [0, 0.1) is 11.3 Å². The van der Waals surface area contributed by atoms with Gasteiger partial charge in [0.2, 0.25) is 0 Å². The zero-order valence-corrected chi connectivity index (χ0v) is 11.6. The number of nitriles is 1. The van der Waals surface area contributed by atoms with Gasteiger partial charge in [0.25, 0.3) is 0 Å². The Morgan fingerprint density at radius 2 is 1.83 bits per heavy atom. The molecule has 2 aromatic rings. The minimum Gasteiger partial charge on any atom is -0.357 e. The first-order valence-electron chi connectivity index (χ1n) is 6.85. The minimum absolute atomic E-state index is 0.0559.